The van der Waals surface area contributed by atoms with Crippen LogP contribution in [-0.4, -0.2) is 41.0 Å². The lowest BCUT2D eigenvalue weighted by atomic mass is 9.84. The summed E-state index contributed by atoms with van der Waals surface area (Å²) in [5, 5.41) is 27.0. The van der Waals surface area contributed by atoms with Crippen LogP contribution in [0.2, 0.25) is 19.1 Å². The first-order valence-corrected chi connectivity index (χ1v) is 18.0. The van der Waals surface area contributed by atoms with Gasteiger partial charge in [0.15, 0.2) is 8.24 Å². The van der Waals surface area contributed by atoms with Crippen molar-refractivity contribution in [2.75, 3.05) is 0 Å². The van der Waals surface area contributed by atoms with Crippen LogP contribution in [0.4, 0.5) is 0 Å². The Morgan fingerprint density at radius 1 is 0.900 bits per heavy atom. The molecule has 0 saturated carbocycles. The molecule has 2 aliphatic rings. The van der Waals surface area contributed by atoms with Gasteiger partial charge in [-0.15, -0.1) is 22.0 Å². The minimum absolute atomic E-state index is 0.0284. The van der Waals surface area contributed by atoms with Crippen molar-refractivity contribution in [3.05, 3.63) is 108 Å². The summed E-state index contributed by atoms with van der Waals surface area (Å²) >= 11 is 1.74. The van der Waals surface area contributed by atoms with Crippen LogP contribution >= 0.6 is 11.8 Å². The van der Waals surface area contributed by atoms with Gasteiger partial charge in [-0.1, -0.05) is 124 Å². The second-order valence-electron chi connectivity index (χ2n) is 11.4. The van der Waals surface area contributed by atoms with Gasteiger partial charge in [-0.2, -0.15) is 0 Å². The highest BCUT2D eigenvalue weighted by atomic mass is 32.2. The van der Waals surface area contributed by atoms with Crippen molar-refractivity contribution < 1.29 is 9.90 Å². The zero-order chi connectivity index (χ0) is 28.4. The van der Waals surface area contributed by atoms with Gasteiger partial charge >= 0.3 is 0 Å². The molecule has 7 nitrogen and oxygen atoms in total. The fourth-order valence-electron chi connectivity index (χ4n) is 5.88. The molecule has 5 rings (SSSR count). The molecule has 9 heteroatoms. The molecule has 0 aromatic heterocycles. The maximum atomic E-state index is 14.1. The molecular weight excluding hydrogens is 535 g/mol. The van der Waals surface area contributed by atoms with Gasteiger partial charge in [-0.3, -0.25) is 4.79 Å². The minimum Gasteiger partial charge on any atom is -0.387 e. The van der Waals surface area contributed by atoms with E-state index in [1.54, 1.807) is 18.7 Å². The summed E-state index contributed by atoms with van der Waals surface area (Å²) in [6.45, 7) is 8.41. The molecule has 2 heterocycles. The average Bonchev–Trinajstić information content (AvgIpc) is 3.43. The first kappa shape index (κ1) is 28.4. The number of nitrogens with zero attached hydrogens (tertiary/aromatic N) is 5. The van der Waals surface area contributed by atoms with E-state index in [9.17, 15) is 9.90 Å². The van der Waals surface area contributed by atoms with Crippen LogP contribution in [0.5, 0.6) is 0 Å². The zero-order valence-corrected chi connectivity index (χ0v) is 25.3. The Kier molecular flexibility index (Phi) is 8.08. The van der Waals surface area contributed by atoms with Crippen molar-refractivity contribution in [2.24, 2.45) is 26.6 Å². The number of aliphatic hydroxyl groups excluding tert-OH is 1. The molecule has 3 aromatic carbocycles. The molecule has 3 atom stereocenters. The number of benzene rings is 3. The van der Waals surface area contributed by atoms with Gasteiger partial charge in [0, 0.05) is 0 Å². The van der Waals surface area contributed by atoms with Gasteiger partial charge in [0.25, 0.3) is 0 Å². The number of β-lactam (4-membered cyclic amide) rings is 1. The highest BCUT2D eigenvalue weighted by Crippen LogP contribution is 2.56. The van der Waals surface area contributed by atoms with Crippen LogP contribution in [0.3, 0.4) is 0 Å². The number of hydrogen-bond acceptors (Lipinski definition) is 7. The largest absolute Gasteiger partial charge is 0.387 e. The average molecular weight is 572 g/mol. The molecule has 0 spiro atoms. The number of unbranched alkanes of at least 4 members (excludes halogenated alkanes) is 1. The van der Waals surface area contributed by atoms with Gasteiger partial charge in [-0.25, -0.2) is 0 Å². The summed E-state index contributed by atoms with van der Waals surface area (Å²) in [6.07, 6.45) is 0.984. The molecule has 0 aliphatic carbocycles. The van der Waals surface area contributed by atoms with Crippen molar-refractivity contribution in [3.63, 3.8) is 0 Å². The Hall–Kier alpha value is -3.14. The Morgan fingerprint density at radius 2 is 1.35 bits per heavy atom. The predicted octanol–water partition coefficient (Wildman–Crippen LogP) is 7.41. The second kappa shape index (κ2) is 11.4. The third kappa shape index (κ3) is 4.95. The van der Waals surface area contributed by atoms with E-state index in [0.717, 1.165) is 35.6 Å². The number of rotatable bonds is 11. The zero-order valence-electron chi connectivity index (χ0n) is 23.5. The summed E-state index contributed by atoms with van der Waals surface area (Å²) in [5.41, 5.74) is 2.06. The van der Waals surface area contributed by atoms with Crippen molar-refractivity contribution in [1.82, 2.24) is 4.57 Å². The van der Waals surface area contributed by atoms with Gasteiger partial charge < -0.3 is 9.67 Å². The van der Waals surface area contributed by atoms with E-state index in [2.05, 4.69) is 118 Å². The summed E-state index contributed by atoms with van der Waals surface area (Å²) < 4.78 is 1.48. The van der Waals surface area contributed by atoms with Gasteiger partial charge in [0.2, 0.25) is 11.6 Å². The van der Waals surface area contributed by atoms with Crippen LogP contribution in [-0.2, 0) is 9.54 Å². The van der Waals surface area contributed by atoms with Crippen LogP contribution in [0.15, 0.2) is 112 Å². The molecule has 1 N–H and O–H groups in total. The molecule has 40 heavy (non-hydrogen) atoms. The minimum atomic E-state index is -2.18. The first-order valence-electron chi connectivity index (χ1n) is 13.9. The third-order valence-corrected chi connectivity index (χ3v) is 13.5. The quantitative estimate of drug-likeness (QED) is 0.148. The smallest absolute Gasteiger partial charge is 0.224 e. The third-order valence-electron chi connectivity index (χ3n) is 8.15. The molecule has 0 radical (unpaired) electrons. The number of hydrogen-bond donors (Lipinski definition) is 1. The van der Waals surface area contributed by atoms with Crippen LogP contribution < -0.4 is 0 Å². The molecule has 1 amide bonds. The number of aliphatic hydroxyl groups is 1. The Balaban J connectivity index is 1.69. The molecule has 1 saturated heterocycles. The van der Waals surface area contributed by atoms with Crippen LogP contribution in [0, 0.1) is 5.92 Å². The van der Waals surface area contributed by atoms with E-state index in [4.69, 9.17) is 0 Å². The van der Waals surface area contributed by atoms with Crippen LogP contribution in [0.25, 0.3) is 0 Å². The summed E-state index contributed by atoms with van der Waals surface area (Å²) in [7, 11) is -2.18. The molecular formula is C31H37N5O2SSi. The number of thioether (sulfide) groups is 1. The first-order chi connectivity index (χ1) is 19.2. The van der Waals surface area contributed by atoms with E-state index >= 15 is 0 Å². The highest BCUT2D eigenvalue weighted by molar-refractivity contribution is 8.01. The molecule has 1 fully saturated rings. The molecule has 3 unspecified atom stereocenters. The van der Waals surface area contributed by atoms with Gasteiger partial charge in [-0.05, 0) is 40.1 Å². The maximum Gasteiger partial charge on any atom is 0.224 e. The topological polar surface area (TPSA) is 90.0 Å². The van der Waals surface area contributed by atoms with E-state index < -0.39 is 30.7 Å². The standard InChI is InChI=1S/C31H37N5O2SSi/c1-5-6-22-40(3,4)36-28(38)26(27(37)30(2)32-34-35-33-30)29(36)39-31(23-16-10-7-11-17-23,24-18-12-8-13-19-24)25-20-14-9-15-21-25/h7-21,26-27,29,37H,5-6,22H2,1-4H3. The predicted molar refractivity (Wildman–Crippen MR) is 162 cm³/mol. The number of amides is 1. The maximum absolute atomic E-state index is 14.1. The van der Waals surface area contributed by atoms with Gasteiger partial charge in [0.05, 0.1) is 16.0 Å². The monoisotopic (exact) mass is 571 g/mol. The number of carbonyl (C=O) groups is 1. The Morgan fingerprint density at radius 3 is 1.77 bits per heavy atom. The Labute approximate surface area is 241 Å². The lowest BCUT2D eigenvalue weighted by Gasteiger charge is -2.58. The number of carbonyl (C=O) groups excluding carboxylic acids is 1. The summed E-state index contributed by atoms with van der Waals surface area (Å²) in [5.74, 6) is -0.728. The highest BCUT2D eigenvalue weighted by Gasteiger charge is 2.62. The lowest BCUT2D eigenvalue weighted by Crippen LogP contribution is -2.73. The molecule has 208 valence electrons. The van der Waals surface area contributed by atoms with Crippen molar-refractivity contribution >= 4 is 25.9 Å². The van der Waals surface area contributed by atoms with Crippen molar-refractivity contribution in [2.45, 2.75) is 67.7 Å². The van der Waals surface area contributed by atoms with Crippen LogP contribution in [0.1, 0.15) is 43.4 Å². The van der Waals surface area contributed by atoms with E-state index in [-0.39, 0.29) is 11.3 Å². The fourth-order valence-corrected chi connectivity index (χ4v) is 11.7. The van der Waals surface area contributed by atoms with Gasteiger partial charge in [0.1, 0.15) is 6.10 Å². The van der Waals surface area contributed by atoms with Crippen molar-refractivity contribution in [3.8, 4) is 0 Å². The van der Waals surface area contributed by atoms with E-state index in [1.807, 2.05) is 18.2 Å². The van der Waals surface area contributed by atoms with Crippen molar-refractivity contribution in [1.29, 1.82) is 0 Å². The summed E-state index contributed by atoms with van der Waals surface area (Å²) in [6, 6.07) is 32.4. The second-order valence-corrected chi connectivity index (χ2v) is 17.3. The molecule has 0 bridgehead atoms. The summed E-state index contributed by atoms with van der Waals surface area (Å²) in [4.78, 5) is 14.1. The fraction of sp³-hybridized carbons (Fsp3) is 0.387. The lowest BCUT2D eigenvalue weighted by molar-refractivity contribution is -0.152. The Bertz CT molecular complexity index is 1260. The normalized spacial score (nSPS) is 20.9. The molecule has 3 aromatic rings. The SMILES string of the molecule is CCCC[Si](C)(C)N1C(=O)C(C(O)C2(C)N=NN=N2)C1SC(c1ccccc1)(c1ccccc1)c1ccccc1. The molecule has 2 aliphatic heterocycles. The van der Waals surface area contributed by atoms with E-state index in [1.165, 1.54) is 0 Å². The van der Waals surface area contributed by atoms with E-state index in [0.29, 0.717) is 0 Å².